The van der Waals surface area contributed by atoms with Gasteiger partial charge in [0.2, 0.25) is 15.9 Å². The average molecular weight is 401 g/mol. The van der Waals surface area contributed by atoms with Crippen LogP contribution in [-0.4, -0.2) is 41.9 Å². The zero-order valence-corrected chi connectivity index (χ0v) is 16.0. The Morgan fingerprint density at radius 1 is 1.04 bits per heavy atom. The fourth-order valence-corrected chi connectivity index (χ4v) is 4.84. The quantitative estimate of drug-likeness (QED) is 0.657. The SMILES string of the molecule is O=S(=O)(Cc1ccc(F)cc1)N1CCC(Oc2cnc3ccccc3n2)CC1. The first kappa shape index (κ1) is 18.8. The molecule has 0 saturated carbocycles. The zero-order valence-electron chi connectivity index (χ0n) is 15.2. The van der Waals surface area contributed by atoms with Crippen molar-refractivity contribution in [3.8, 4) is 5.88 Å². The maximum Gasteiger partial charge on any atom is 0.233 e. The number of para-hydroxylation sites is 2. The average Bonchev–Trinajstić information content (AvgIpc) is 2.70. The summed E-state index contributed by atoms with van der Waals surface area (Å²) < 4.78 is 45.6. The first-order valence-corrected chi connectivity index (χ1v) is 10.7. The van der Waals surface area contributed by atoms with Gasteiger partial charge in [-0.3, -0.25) is 0 Å². The van der Waals surface area contributed by atoms with Crippen molar-refractivity contribution in [3.05, 3.63) is 66.1 Å². The Balaban J connectivity index is 1.36. The van der Waals surface area contributed by atoms with Crippen molar-refractivity contribution in [2.45, 2.75) is 24.7 Å². The summed E-state index contributed by atoms with van der Waals surface area (Å²) in [6, 6.07) is 13.1. The van der Waals surface area contributed by atoms with Crippen molar-refractivity contribution < 1.29 is 17.5 Å². The van der Waals surface area contributed by atoms with Crippen LogP contribution in [0.5, 0.6) is 5.88 Å². The highest BCUT2D eigenvalue weighted by Gasteiger charge is 2.29. The molecule has 2 heterocycles. The third kappa shape index (κ3) is 4.28. The summed E-state index contributed by atoms with van der Waals surface area (Å²) in [5, 5.41) is 0. The van der Waals surface area contributed by atoms with Crippen LogP contribution in [0.1, 0.15) is 18.4 Å². The van der Waals surface area contributed by atoms with E-state index in [-0.39, 0.29) is 17.7 Å². The lowest BCUT2D eigenvalue weighted by atomic mass is 10.1. The minimum absolute atomic E-state index is 0.104. The van der Waals surface area contributed by atoms with Crippen molar-refractivity contribution in [1.82, 2.24) is 14.3 Å². The minimum atomic E-state index is -3.45. The van der Waals surface area contributed by atoms with Gasteiger partial charge < -0.3 is 4.74 Å². The molecule has 4 rings (SSSR count). The van der Waals surface area contributed by atoms with E-state index >= 15 is 0 Å². The minimum Gasteiger partial charge on any atom is -0.473 e. The maximum absolute atomic E-state index is 13.0. The van der Waals surface area contributed by atoms with Crippen LogP contribution >= 0.6 is 0 Å². The normalized spacial score (nSPS) is 16.3. The van der Waals surface area contributed by atoms with Crippen LogP contribution in [-0.2, 0) is 15.8 Å². The summed E-state index contributed by atoms with van der Waals surface area (Å²) in [5.41, 5.74) is 2.14. The van der Waals surface area contributed by atoms with E-state index in [0.29, 0.717) is 37.4 Å². The molecule has 146 valence electrons. The highest BCUT2D eigenvalue weighted by molar-refractivity contribution is 7.88. The number of hydrogen-bond acceptors (Lipinski definition) is 5. The summed E-state index contributed by atoms with van der Waals surface area (Å²) in [4.78, 5) is 8.79. The fraction of sp³-hybridized carbons (Fsp3) is 0.300. The molecular formula is C20H20FN3O3S. The van der Waals surface area contributed by atoms with Crippen molar-refractivity contribution in [2.75, 3.05) is 13.1 Å². The molecule has 2 aromatic carbocycles. The summed E-state index contributed by atoms with van der Waals surface area (Å²) >= 11 is 0. The van der Waals surface area contributed by atoms with Crippen molar-refractivity contribution in [1.29, 1.82) is 0 Å². The van der Waals surface area contributed by atoms with Crippen LogP contribution in [0.25, 0.3) is 11.0 Å². The van der Waals surface area contributed by atoms with Gasteiger partial charge in [-0.15, -0.1) is 0 Å². The van der Waals surface area contributed by atoms with E-state index in [1.54, 1.807) is 6.20 Å². The van der Waals surface area contributed by atoms with E-state index in [2.05, 4.69) is 9.97 Å². The van der Waals surface area contributed by atoms with Gasteiger partial charge in [-0.1, -0.05) is 24.3 Å². The van der Waals surface area contributed by atoms with Gasteiger partial charge in [-0.05, 0) is 42.7 Å². The fourth-order valence-electron chi connectivity index (χ4n) is 3.28. The van der Waals surface area contributed by atoms with Gasteiger partial charge in [-0.2, -0.15) is 0 Å². The molecule has 8 heteroatoms. The van der Waals surface area contributed by atoms with Gasteiger partial charge in [0.1, 0.15) is 11.9 Å². The van der Waals surface area contributed by atoms with Crippen LogP contribution in [0.2, 0.25) is 0 Å². The third-order valence-electron chi connectivity index (χ3n) is 4.77. The number of sulfonamides is 1. The summed E-state index contributed by atoms with van der Waals surface area (Å²) in [7, 11) is -3.45. The summed E-state index contributed by atoms with van der Waals surface area (Å²) in [5.74, 6) is -0.0585. The predicted molar refractivity (Wildman–Crippen MR) is 104 cm³/mol. The second kappa shape index (κ2) is 7.81. The molecule has 0 N–H and O–H groups in total. The Hall–Kier alpha value is -2.58. The van der Waals surface area contributed by atoms with Crippen molar-refractivity contribution in [3.63, 3.8) is 0 Å². The number of piperidine rings is 1. The molecule has 1 saturated heterocycles. The number of aromatic nitrogens is 2. The first-order valence-electron chi connectivity index (χ1n) is 9.10. The number of rotatable bonds is 5. The zero-order chi connectivity index (χ0) is 19.6. The standard InChI is InChI=1S/C20H20FN3O3S/c21-16-7-5-15(6-8-16)14-28(25,26)24-11-9-17(10-12-24)27-20-13-22-18-3-1-2-4-19(18)23-20/h1-8,13,17H,9-12,14H2. The van der Waals surface area contributed by atoms with Gasteiger partial charge in [0.15, 0.2) is 0 Å². The number of ether oxygens (including phenoxy) is 1. The molecular weight excluding hydrogens is 381 g/mol. The third-order valence-corrected chi connectivity index (χ3v) is 6.62. The largest absolute Gasteiger partial charge is 0.473 e. The van der Waals surface area contributed by atoms with E-state index in [1.165, 1.54) is 28.6 Å². The summed E-state index contributed by atoms with van der Waals surface area (Å²) in [6.07, 6.45) is 2.65. The Morgan fingerprint density at radius 2 is 1.71 bits per heavy atom. The van der Waals surface area contributed by atoms with Crippen LogP contribution < -0.4 is 4.74 Å². The molecule has 1 aromatic heterocycles. The number of halogens is 1. The molecule has 0 unspecified atom stereocenters. The second-order valence-corrected chi connectivity index (χ2v) is 8.76. The van der Waals surface area contributed by atoms with Crippen LogP contribution in [0, 0.1) is 5.82 Å². The predicted octanol–water partition coefficient (Wildman–Crippen LogP) is 3.14. The Bertz CT molecular complexity index is 1070. The number of benzene rings is 2. The topological polar surface area (TPSA) is 72.4 Å². The molecule has 0 spiro atoms. The van der Waals surface area contributed by atoms with Gasteiger partial charge in [-0.25, -0.2) is 27.1 Å². The molecule has 28 heavy (non-hydrogen) atoms. The van der Waals surface area contributed by atoms with Gasteiger partial charge in [0.25, 0.3) is 0 Å². The highest BCUT2D eigenvalue weighted by atomic mass is 32.2. The van der Waals surface area contributed by atoms with E-state index in [4.69, 9.17) is 4.74 Å². The Morgan fingerprint density at radius 3 is 2.43 bits per heavy atom. The second-order valence-electron chi connectivity index (χ2n) is 6.80. The maximum atomic E-state index is 13.0. The molecule has 0 atom stereocenters. The summed E-state index contributed by atoms with van der Waals surface area (Å²) in [6.45, 7) is 0.768. The Kier molecular flexibility index (Phi) is 5.23. The molecule has 0 radical (unpaired) electrons. The van der Waals surface area contributed by atoms with Crippen LogP contribution in [0.3, 0.4) is 0 Å². The van der Waals surface area contributed by atoms with Gasteiger partial charge >= 0.3 is 0 Å². The molecule has 3 aromatic rings. The lowest BCUT2D eigenvalue weighted by Crippen LogP contribution is -2.42. The highest BCUT2D eigenvalue weighted by Crippen LogP contribution is 2.22. The van der Waals surface area contributed by atoms with Gasteiger partial charge in [0, 0.05) is 13.1 Å². The van der Waals surface area contributed by atoms with Crippen LogP contribution in [0.4, 0.5) is 4.39 Å². The first-order chi connectivity index (χ1) is 13.5. The smallest absolute Gasteiger partial charge is 0.233 e. The van der Waals surface area contributed by atoms with E-state index < -0.39 is 10.0 Å². The van der Waals surface area contributed by atoms with E-state index in [0.717, 1.165) is 11.0 Å². The van der Waals surface area contributed by atoms with E-state index in [9.17, 15) is 12.8 Å². The molecule has 1 fully saturated rings. The lowest BCUT2D eigenvalue weighted by molar-refractivity contribution is 0.130. The molecule has 0 bridgehead atoms. The number of nitrogens with zero attached hydrogens (tertiary/aromatic N) is 3. The lowest BCUT2D eigenvalue weighted by Gasteiger charge is -2.31. The van der Waals surface area contributed by atoms with Crippen LogP contribution in [0.15, 0.2) is 54.7 Å². The molecule has 0 aliphatic carbocycles. The molecule has 1 aliphatic rings. The monoisotopic (exact) mass is 401 g/mol. The molecule has 1 aliphatic heterocycles. The molecule has 6 nitrogen and oxygen atoms in total. The number of fused-ring (bicyclic) bond motifs is 1. The number of hydrogen-bond donors (Lipinski definition) is 0. The Labute approximate surface area is 163 Å². The van der Waals surface area contributed by atoms with Gasteiger partial charge in [0.05, 0.1) is 23.0 Å². The van der Waals surface area contributed by atoms with Crippen molar-refractivity contribution >= 4 is 21.1 Å². The van der Waals surface area contributed by atoms with Crippen molar-refractivity contribution in [2.24, 2.45) is 0 Å². The van der Waals surface area contributed by atoms with E-state index in [1.807, 2.05) is 24.3 Å². The molecule has 0 amide bonds.